The third kappa shape index (κ3) is 3.12. The average molecular weight is 293 g/mol. The van der Waals surface area contributed by atoms with E-state index in [0.29, 0.717) is 24.8 Å². The SMILES string of the molecule is CC(C)(C)C1CCN(c2ncc([N+](=O)[O-])cc2C(=O)O)C1. The van der Waals surface area contributed by atoms with Gasteiger partial charge in [-0.1, -0.05) is 20.8 Å². The molecular formula is C14H19N3O4. The van der Waals surface area contributed by atoms with Gasteiger partial charge in [-0.3, -0.25) is 10.1 Å². The standard InChI is InChI=1S/C14H19N3O4/c1-14(2,3)9-4-5-16(8-9)12-11(13(18)19)6-10(7-15-12)17(20)21/h6-7,9H,4-5,8H2,1-3H3,(H,18,19). The summed E-state index contributed by atoms with van der Waals surface area (Å²) in [5, 5.41) is 20.0. The second-order valence-electron chi connectivity index (χ2n) is 6.42. The van der Waals surface area contributed by atoms with Crippen molar-refractivity contribution in [3.05, 3.63) is 27.9 Å². The van der Waals surface area contributed by atoms with Gasteiger partial charge in [-0.2, -0.15) is 0 Å². The Balaban J connectivity index is 2.32. The number of anilines is 1. The lowest BCUT2D eigenvalue weighted by Crippen LogP contribution is -2.27. The van der Waals surface area contributed by atoms with Crippen LogP contribution < -0.4 is 4.90 Å². The molecule has 0 aliphatic carbocycles. The predicted molar refractivity (Wildman–Crippen MR) is 77.6 cm³/mol. The number of rotatable bonds is 3. The van der Waals surface area contributed by atoms with E-state index in [1.165, 1.54) is 0 Å². The lowest BCUT2D eigenvalue weighted by Gasteiger charge is -2.27. The molecule has 1 atom stereocenters. The molecule has 1 aliphatic rings. The fourth-order valence-electron chi connectivity index (χ4n) is 2.62. The van der Waals surface area contributed by atoms with Gasteiger partial charge in [-0.15, -0.1) is 0 Å². The van der Waals surface area contributed by atoms with Gasteiger partial charge in [-0.25, -0.2) is 9.78 Å². The molecule has 21 heavy (non-hydrogen) atoms. The molecule has 1 aromatic rings. The van der Waals surface area contributed by atoms with Gasteiger partial charge < -0.3 is 10.0 Å². The molecule has 0 aromatic carbocycles. The monoisotopic (exact) mass is 293 g/mol. The predicted octanol–water partition coefficient (Wildman–Crippen LogP) is 2.56. The van der Waals surface area contributed by atoms with E-state index in [4.69, 9.17) is 0 Å². The van der Waals surface area contributed by atoms with E-state index in [-0.39, 0.29) is 16.7 Å². The van der Waals surface area contributed by atoms with Crippen molar-refractivity contribution >= 4 is 17.5 Å². The number of carboxylic acids is 1. The number of pyridine rings is 1. The Kier molecular flexibility index (Phi) is 3.85. The highest BCUT2D eigenvalue weighted by Gasteiger charge is 2.34. The molecule has 1 fully saturated rings. The summed E-state index contributed by atoms with van der Waals surface area (Å²) in [6.45, 7) is 7.90. The number of carboxylic acid groups (broad SMARTS) is 1. The van der Waals surface area contributed by atoms with E-state index in [0.717, 1.165) is 18.7 Å². The van der Waals surface area contributed by atoms with Gasteiger partial charge in [0.15, 0.2) is 0 Å². The summed E-state index contributed by atoms with van der Waals surface area (Å²) in [5.41, 5.74) is -0.277. The van der Waals surface area contributed by atoms with Crippen molar-refractivity contribution in [2.24, 2.45) is 11.3 Å². The highest BCUT2D eigenvalue weighted by molar-refractivity contribution is 5.94. The van der Waals surface area contributed by atoms with Gasteiger partial charge in [0.2, 0.25) is 0 Å². The second kappa shape index (κ2) is 5.31. The summed E-state index contributed by atoms with van der Waals surface area (Å²) in [6, 6.07) is 1.08. The molecule has 1 aromatic heterocycles. The quantitative estimate of drug-likeness (QED) is 0.679. The molecular weight excluding hydrogens is 274 g/mol. The largest absolute Gasteiger partial charge is 0.478 e. The number of nitro groups is 1. The summed E-state index contributed by atoms with van der Waals surface area (Å²) in [4.78, 5) is 27.4. The molecule has 7 nitrogen and oxygen atoms in total. The zero-order valence-electron chi connectivity index (χ0n) is 12.4. The molecule has 0 radical (unpaired) electrons. The van der Waals surface area contributed by atoms with Crippen molar-refractivity contribution in [3.8, 4) is 0 Å². The summed E-state index contributed by atoms with van der Waals surface area (Å²) < 4.78 is 0. The van der Waals surface area contributed by atoms with Gasteiger partial charge in [0.25, 0.3) is 5.69 Å². The molecule has 2 heterocycles. The lowest BCUT2D eigenvalue weighted by atomic mass is 9.80. The minimum atomic E-state index is -1.19. The van der Waals surface area contributed by atoms with Crippen LogP contribution >= 0.6 is 0 Å². The zero-order chi connectivity index (χ0) is 15.8. The van der Waals surface area contributed by atoms with Gasteiger partial charge in [0.05, 0.1) is 4.92 Å². The minimum Gasteiger partial charge on any atom is -0.478 e. The molecule has 1 saturated heterocycles. The number of aromatic nitrogens is 1. The number of hydrogen-bond donors (Lipinski definition) is 1. The van der Waals surface area contributed by atoms with Crippen LogP contribution in [0.15, 0.2) is 12.3 Å². The van der Waals surface area contributed by atoms with E-state index in [9.17, 15) is 20.0 Å². The molecule has 1 unspecified atom stereocenters. The summed E-state index contributed by atoms with van der Waals surface area (Å²) in [6.07, 6.45) is 2.08. The molecule has 114 valence electrons. The van der Waals surface area contributed by atoms with Gasteiger partial charge in [0.1, 0.15) is 17.6 Å². The van der Waals surface area contributed by atoms with Crippen molar-refractivity contribution in [2.45, 2.75) is 27.2 Å². The van der Waals surface area contributed by atoms with Crippen LogP contribution in [0.4, 0.5) is 11.5 Å². The van der Waals surface area contributed by atoms with Crippen molar-refractivity contribution in [2.75, 3.05) is 18.0 Å². The molecule has 7 heteroatoms. The minimum absolute atomic E-state index is 0.112. The second-order valence-corrected chi connectivity index (χ2v) is 6.42. The zero-order valence-corrected chi connectivity index (χ0v) is 12.4. The van der Waals surface area contributed by atoms with E-state index >= 15 is 0 Å². The Morgan fingerprint density at radius 3 is 2.67 bits per heavy atom. The van der Waals surface area contributed by atoms with Crippen LogP contribution in [0, 0.1) is 21.4 Å². The average Bonchev–Trinajstić information content (AvgIpc) is 2.87. The molecule has 2 rings (SSSR count). The fraction of sp³-hybridized carbons (Fsp3) is 0.571. The van der Waals surface area contributed by atoms with Crippen LogP contribution in [0.2, 0.25) is 0 Å². The first kappa shape index (κ1) is 15.2. The van der Waals surface area contributed by atoms with Crippen LogP contribution in [-0.4, -0.2) is 34.1 Å². The van der Waals surface area contributed by atoms with E-state index in [1.54, 1.807) is 0 Å². The van der Waals surface area contributed by atoms with Gasteiger partial charge >= 0.3 is 5.97 Å². The maximum Gasteiger partial charge on any atom is 0.339 e. The molecule has 0 bridgehead atoms. The Hall–Kier alpha value is -2.18. The fourth-order valence-corrected chi connectivity index (χ4v) is 2.62. The Morgan fingerprint density at radius 1 is 1.52 bits per heavy atom. The Bertz CT molecular complexity index is 580. The third-order valence-corrected chi connectivity index (χ3v) is 4.01. The van der Waals surface area contributed by atoms with Crippen molar-refractivity contribution in [1.82, 2.24) is 4.98 Å². The van der Waals surface area contributed by atoms with Crippen LogP contribution in [0.3, 0.4) is 0 Å². The van der Waals surface area contributed by atoms with Gasteiger partial charge in [-0.05, 0) is 17.8 Å². The lowest BCUT2D eigenvalue weighted by molar-refractivity contribution is -0.385. The normalized spacial score (nSPS) is 18.8. The molecule has 0 spiro atoms. The number of aromatic carboxylic acids is 1. The van der Waals surface area contributed by atoms with E-state index < -0.39 is 10.9 Å². The molecule has 1 aliphatic heterocycles. The first-order valence-electron chi connectivity index (χ1n) is 6.83. The first-order chi connectivity index (χ1) is 9.70. The van der Waals surface area contributed by atoms with Crippen LogP contribution in [0.1, 0.15) is 37.6 Å². The summed E-state index contributed by atoms with van der Waals surface area (Å²) >= 11 is 0. The van der Waals surface area contributed by atoms with Crippen LogP contribution in [0.5, 0.6) is 0 Å². The number of hydrogen-bond acceptors (Lipinski definition) is 5. The maximum absolute atomic E-state index is 11.3. The van der Waals surface area contributed by atoms with Crippen LogP contribution in [0.25, 0.3) is 0 Å². The van der Waals surface area contributed by atoms with E-state index in [2.05, 4.69) is 25.8 Å². The van der Waals surface area contributed by atoms with Crippen molar-refractivity contribution < 1.29 is 14.8 Å². The Labute approximate surface area is 122 Å². The smallest absolute Gasteiger partial charge is 0.339 e. The molecule has 1 N–H and O–H groups in total. The first-order valence-corrected chi connectivity index (χ1v) is 6.83. The number of carbonyl (C=O) groups is 1. The Morgan fingerprint density at radius 2 is 2.19 bits per heavy atom. The van der Waals surface area contributed by atoms with Gasteiger partial charge in [0, 0.05) is 19.2 Å². The van der Waals surface area contributed by atoms with Crippen molar-refractivity contribution in [3.63, 3.8) is 0 Å². The summed E-state index contributed by atoms with van der Waals surface area (Å²) in [7, 11) is 0. The highest BCUT2D eigenvalue weighted by atomic mass is 16.6. The highest BCUT2D eigenvalue weighted by Crippen LogP contribution is 2.36. The molecule has 0 amide bonds. The van der Waals surface area contributed by atoms with Crippen LogP contribution in [-0.2, 0) is 0 Å². The maximum atomic E-state index is 11.3. The number of nitrogens with zero attached hydrogens (tertiary/aromatic N) is 3. The molecule has 0 saturated carbocycles. The third-order valence-electron chi connectivity index (χ3n) is 4.01. The van der Waals surface area contributed by atoms with Crippen molar-refractivity contribution in [1.29, 1.82) is 0 Å². The van der Waals surface area contributed by atoms with E-state index in [1.807, 2.05) is 4.90 Å². The topological polar surface area (TPSA) is 96.6 Å². The summed E-state index contributed by atoms with van der Waals surface area (Å²) in [5.74, 6) is -0.434.